The van der Waals surface area contributed by atoms with Crippen molar-refractivity contribution < 1.29 is 9.59 Å². The number of aromatic nitrogens is 1. The van der Waals surface area contributed by atoms with Crippen molar-refractivity contribution in [2.75, 3.05) is 13.1 Å². The third-order valence-corrected chi connectivity index (χ3v) is 3.32. The standard InChI is InChI=1S/C14H19N3O2/c1-3-13(18)16-12-6-7-17(9-12)14(19)11-5-4-10(2)15-8-11/h4-5,8,12H,3,6-7,9H2,1-2H3,(H,16,18)/t12-/m1/s1. The first-order valence-corrected chi connectivity index (χ1v) is 6.61. The molecule has 1 aromatic rings. The van der Waals surface area contributed by atoms with Gasteiger partial charge < -0.3 is 10.2 Å². The Morgan fingerprint density at radius 3 is 2.89 bits per heavy atom. The molecule has 2 heterocycles. The van der Waals surface area contributed by atoms with E-state index < -0.39 is 0 Å². The number of carbonyl (C=O) groups is 2. The Balaban J connectivity index is 1.95. The summed E-state index contributed by atoms with van der Waals surface area (Å²) in [7, 11) is 0. The first-order valence-electron chi connectivity index (χ1n) is 6.61. The molecule has 5 heteroatoms. The van der Waals surface area contributed by atoms with Crippen LogP contribution in [0.2, 0.25) is 0 Å². The van der Waals surface area contributed by atoms with Gasteiger partial charge >= 0.3 is 0 Å². The van der Waals surface area contributed by atoms with Gasteiger partial charge in [0.15, 0.2) is 0 Å². The predicted molar refractivity (Wildman–Crippen MR) is 71.7 cm³/mol. The second kappa shape index (κ2) is 5.82. The zero-order valence-electron chi connectivity index (χ0n) is 11.3. The molecule has 1 atom stereocenters. The van der Waals surface area contributed by atoms with Gasteiger partial charge in [-0.15, -0.1) is 0 Å². The van der Waals surface area contributed by atoms with E-state index in [1.54, 1.807) is 17.2 Å². The maximum Gasteiger partial charge on any atom is 0.255 e. The number of hydrogen-bond acceptors (Lipinski definition) is 3. The summed E-state index contributed by atoms with van der Waals surface area (Å²) in [6.45, 7) is 4.98. The van der Waals surface area contributed by atoms with Crippen molar-refractivity contribution in [3.8, 4) is 0 Å². The Bertz CT molecular complexity index is 470. The van der Waals surface area contributed by atoms with Crippen LogP contribution in [0, 0.1) is 6.92 Å². The minimum atomic E-state index is -0.0132. The van der Waals surface area contributed by atoms with Crippen molar-refractivity contribution in [3.63, 3.8) is 0 Å². The summed E-state index contributed by atoms with van der Waals surface area (Å²) in [4.78, 5) is 29.5. The first-order chi connectivity index (χ1) is 9.10. The van der Waals surface area contributed by atoms with E-state index >= 15 is 0 Å². The highest BCUT2D eigenvalue weighted by Gasteiger charge is 2.27. The monoisotopic (exact) mass is 261 g/mol. The second-order valence-electron chi connectivity index (χ2n) is 4.85. The van der Waals surface area contributed by atoms with Crippen LogP contribution in [-0.4, -0.2) is 40.8 Å². The average Bonchev–Trinajstić information content (AvgIpc) is 2.87. The van der Waals surface area contributed by atoms with E-state index in [2.05, 4.69) is 10.3 Å². The van der Waals surface area contributed by atoms with E-state index in [0.717, 1.165) is 12.1 Å². The van der Waals surface area contributed by atoms with Gasteiger partial charge in [0.1, 0.15) is 0 Å². The molecule has 0 saturated carbocycles. The molecule has 102 valence electrons. The average molecular weight is 261 g/mol. The van der Waals surface area contributed by atoms with Crippen LogP contribution in [0.4, 0.5) is 0 Å². The van der Waals surface area contributed by atoms with Gasteiger partial charge in [-0.1, -0.05) is 6.92 Å². The highest BCUT2D eigenvalue weighted by molar-refractivity contribution is 5.94. The number of amides is 2. The van der Waals surface area contributed by atoms with Gasteiger partial charge in [0, 0.05) is 37.4 Å². The topological polar surface area (TPSA) is 62.3 Å². The number of rotatable bonds is 3. The molecule has 1 saturated heterocycles. The maximum atomic E-state index is 12.2. The van der Waals surface area contributed by atoms with Crippen LogP contribution in [0.25, 0.3) is 0 Å². The van der Waals surface area contributed by atoms with Crippen molar-refractivity contribution in [3.05, 3.63) is 29.6 Å². The fourth-order valence-corrected chi connectivity index (χ4v) is 2.17. The summed E-state index contributed by atoms with van der Waals surface area (Å²) in [5.41, 5.74) is 1.50. The van der Waals surface area contributed by atoms with Crippen LogP contribution in [-0.2, 0) is 4.79 Å². The van der Waals surface area contributed by atoms with Crippen molar-refractivity contribution >= 4 is 11.8 Å². The van der Waals surface area contributed by atoms with Crippen LogP contribution >= 0.6 is 0 Å². The maximum absolute atomic E-state index is 12.2. The van der Waals surface area contributed by atoms with Gasteiger partial charge in [-0.25, -0.2) is 0 Å². The summed E-state index contributed by atoms with van der Waals surface area (Å²) in [5.74, 6) is 0.0250. The molecule has 1 N–H and O–H groups in total. The number of likely N-dealkylation sites (tertiary alicyclic amines) is 1. The molecule has 0 aliphatic carbocycles. The molecule has 0 unspecified atom stereocenters. The van der Waals surface area contributed by atoms with Crippen molar-refractivity contribution in [2.45, 2.75) is 32.7 Å². The lowest BCUT2D eigenvalue weighted by Gasteiger charge is -2.17. The molecule has 1 aromatic heterocycles. The predicted octanol–water partition coefficient (Wildman–Crippen LogP) is 1.13. The largest absolute Gasteiger partial charge is 0.352 e. The normalized spacial score (nSPS) is 18.4. The lowest BCUT2D eigenvalue weighted by molar-refractivity contribution is -0.121. The number of aryl methyl sites for hydroxylation is 1. The van der Waals surface area contributed by atoms with Crippen LogP contribution in [0.15, 0.2) is 18.3 Å². The van der Waals surface area contributed by atoms with Crippen molar-refractivity contribution in [1.29, 1.82) is 0 Å². The molecule has 2 amide bonds. The van der Waals surface area contributed by atoms with E-state index in [0.29, 0.717) is 25.1 Å². The Morgan fingerprint density at radius 2 is 2.26 bits per heavy atom. The van der Waals surface area contributed by atoms with Crippen LogP contribution in [0.3, 0.4) is 0 Å². The molecule has 0 radical (unpaired) electrons. The third-order valence-electron chi connectivity index (χ3n) is 3.32. The zero-order valence-corrected chi connectivity index (χ0v) is 11.3. The van der Waals surface area contributed by atoms with Crippen LogP contribution in [0.5, 0.6) is 0 Å². The highest BCUT2D eigenvalue weighted by Crippen LogP contribution is 2.13. The van der Waals surface area contributed by atoms with E-state index in [1.165, 1.54) is 0 Å². The number of nitrogens with one attached hydrogen (secondary N) is 1. The van der Waals surface area contributed by atoms with E-state index in [4.69, 9.17) is 0 Å². The molecule has 19 heavy (non-hydrogen) atoms. The third kappa shape index (κ3) is 3.30. The van der Waals surface area contributed by atoms with Gasteiger partial charge in [0.25, 0.3) is 5.91 Å². The fourth-order valence-electron chi connectivity index (χ4n) is 2.17. The quantitative estimate of drug-likeness (QED) is 0.887. The lowest BCUT2D eigenvalue weighted by atomic mass is 10.2. The Morgan fingerprint density at radius 1 is 1.47 bits per heavy atom. The summed E-state index contributed by atoms with van der Waals surface area (Å²) in [6.07, 6.45) is 2.90. The number of carbonyl (C=O) groups excluding carboxylic acids is 2. The van der Waals surface area contributed by atoms with Gasteiger partial charge in [-0.3, -0.25) is 14.6 Å². The zero-order chi connectivity index (χ0) is 13.8. The minimum Gasteiger partial charge on any atom is -0.352 e. The highest BCUT2D eigenvalue weighted by atomic mass is 16.2. The number of nitrogens with zero attached hydrogens (tertiary/aromatic N) is 2. The van der Waals surface area contributed by atoms with Crippen molar-refractivity contribution in [2.24, 2.45) is 0 Å². The van der Waals surface area contributed by atoms with Gasteiger partial charge in [0.05, 0.1) is 5.56 Å². The summed E-state index contributed by atoms with van der Waals surface area (Å²) >= 11 is 0. The van der Waals surface area contributed by atoms with Gasteiger partial charge in [-0.2, -0.15) is 0 Å². The molecule has 0 bridgehead atoms. The van der Waals surface area contributed by atoms with Crippen molar-refractivity contribution in [1.82, 2.24) is 15.2 Å². The van der Waals surface area contributed by atoms with E-state index in [-0.39, 0.29) is 17.9 Å². The molecule has 1 fully saturated rings. The molecule has 5 nitrogen and oxygen atoms in total. The molecule has 0 spiro atoms. The molecular formula is C14H19N3O2. The molecule has 1 aliphatic heterocycles. The second-order valence-corrected chi connectivity index (χ2v) is 4.85. The smallest absolute Gasteiger partial charge is 0.255 e. The number of pyridine rings is 1. The molecule has 2 rings (SSSR count). The summed E-state index contributed by atoms with van der Waals surface area (Å²) < 4.78 is 0. The van der Waals surface area contributed by atoms with Gasteiger partial charge in [0.2, 0.25) is 5.91 Å². The number of hydrogen-bond donors (Lipinski definition) is 1. The Hall–Kier alpha value is -1.91. The Labute approximate surface area is 113 Å². The summed E-state index contributed by atoms with van der Waals surface area (Å²) in [6, 6.07) is 3.71. The van der Waals surface area contributed by atoms with E-state index in [9.17, 15) is 9.59 Å². The SMILES string of the molecule is CCC(=O)N[C@@H]1CCN(C(=O)c2ccc(C)nc2)C1. The first kappa shape index (κ1) is 13.5. The minimum absolute atomic E-state index is 0.0132. The fraction of sp³-hybridized carbons (Fsp3) is 0.500. The molecular weight excluding hydrogens is 242 g/mol. The Kier molecular flexibility index (Phi) is 4.14. The van der Waals surface area contributed by atoms with E-state index in [1.807, 2.05) is 19.9 Å². The summed E-state index contributed by atoms with van der Waals surface area (Å²) in [5, 5.41) is 2.93. The molecule has 1 aliphatic rings. The van der Waals surface area contributed by atoms with Gasteiger partial charge in [-0.05, 0) is 25.5 Å². The molecule has 0 aromatic carbocycles. The van der Waals surface area contributed by atoms with Crippen LogP contribution < -0.4 is 5.32 Å². The lowest BCUT2D eigenvalue weighted by Crippen LogP contribution is -2.38. The van der Waals surface area contributed by atoms with Crippen LogP contribution in [0.1, 0.15) is 35.8 Å².